The first kappa shape index (κ1) is 7.91. The van der Waals surface area contributed by atoms with Crippen LogP contribution in [0.25, 0.3) is 10.9 Å². The Morgan fingerprint density at radius 2 is 2.38 bits per heavy atom. The number of aromatic nitrogens is 3. The standard InChI is InChI=1S/C9H9N3O/c1-2-12-9(13)8-7(6-11-12)4-3-5-10-8/h3-6H,2H2,1H3. The highest BCUT2D eigenvalue weighted by atomic mass is 16.1. The van der Waals surface area contributed by atoms with Gasteiger partial charge in [-0.1, -0.05) is 0 Å². The zero-order valence-electron chi connectivity index (χ0n) is 7.27. The van der Waals surface area contributed by atoms with Gasteiger partial charge < -0.3 is 0 Å². The molecule has 0 saturated heterocycles. The van der Waals surface area contributed by atoms with Crippen LogP contribution in [0.5, 0.6) is 0 Å². The lowest BCUT2D eigenvalue weighted by Gasteiger charge is -2.00. The molecule has 0 aliphatic heterocycles. The van der Waals surface area contributed by atoms with E-state index >= 15 is 0 Å². The van der Waals surface area contributed by atoms with E-state index in [-0.39, 0.29) is 5.56 Å². The molecule has 0 aliphatic rings. The maximum absolute atomic E-state index is 11.6. The van der Waals surface area contributed by atoms with Crippen LogP contribution in [0.3, 0.4) is 0 Å². The van der Waals surface area contributed by atoms with Crippen LogP contribution in [-0.4, -0.2) is 14.8 Å². The van der Waals surface area contributed by atoms with Crippen molar-refractivity contribution in [2.24, 2.45) is 0 Å². The van der Waals surface area contributed by atoms with Crippen LogP contribution < -0.4 is 5.56 Å². The zero-order chi connectivity index (χ0) is 9.26. The number of fused-ring (bicyclic) bond motifs is 1. The van der Waals surface area contributed by atoms with Gasteiger partial charge in [0.25, 0.3) is 5.56 Å². The average molecular weight is 175 g/mol. The van der Waals surface area contributed by atoms with Crippen LogP contribution in [0.4, 0.5) is 0 Å². The maximum Gasteiger partial charge on any atom is 0.293 e. The number of aryl methyl sites for hydroxylation is 1. The van der Waals surface area contributed by atoms with Gasteiger partial charge in [-0.3, -0.25) is 9.78 Å². The Kier molecular flexibility index (Phi) is 1.81. The SMILES string of the molecule is CCn1ncc2cccnc2c1=O. The molecule has 0 amide bonds. The summed E-state index contributed by atoms with van der Waals surface area (Å²) in [6, 6.07) is 3.62. The molecule has 2 aromatic heterocycles. The minimum atomic E-state index is -0.124. The van der Waals surface area contributed by atoms with E-state index in [1.807, 2.05) is 13.0 Å². The number of pyridine rings is 1. The number of hydrogen-bond acceptors (Lipinski definition) is 3. The molecule has 2 aromatic rings. The fourth-order valence-corrected chi connectivity index (χ4v) is 1.23. The molecule has 0 saturated carbocycles. The fraction of sp³-hybridized carbons (Fsp3) is 0.222. The Morgan fingerprint density at radius 3 is 3.15 bits per heavy atom. The van der Waals surface area contributed by atoms with E-state index in [2.05, 4.69) is 10.1 Å². The molecule has 0 aromatic carbocycles. The van der Waals surface area contributed by atoms with Crippen molar-refractivity contribution >= 4 is 10.9 Å². The third kappa shape index (κ3) is 1.20. The first-order valence-electron chi connectivity index (χ1n) is 4.14. The average Bonchev–Trinajstić information content (AvgIpc) is 2.19. The molecule has 0 bridgehead atoms. The third-order valence-corrected chi connectivity index (χ3v) is 1.91. The summed E-state index contributed by atoms with van der Waals surface area (Å²) in [4.78, 5) is 15.6. The van der Waals surface area contributed by atoms with Gasteiger partial charge in [-0.15, -0.1) is 0 Å². The molecule has 4 heteroatoms. The molecule has 0 unspecified atom stereocenters. The monoisotopic (exact) mass is 175 g/mol. The predicted octanol–water partition coefficient (Wildman–Crippen LogP) is 0.811. The Labute approximate surface area is 74.8 Å². The molecular weight excluding hydrogens is 166 g/mol. The topological polar surface area (TPSA) is 47.8 Å². The number of hydrogen-bond donors (Lipinski definition) is 0. The molecule has 0 N–H and O–H groups in total. The summed E-state index contributed by atoms with van der Waals surface area (Å²) in [6.45, 7) is 2.45. The second-order valence-electron chi connectivity index (χ2n) is 2.71. The highest BCUT2D eigenvalue weighted by Crippen LogP contribution is 2.02. The first-order valence-corrected chi connectivity index (χ1v) is 4.14. The Bertz CT molecular complexity index is 489. The van der Waals surface area contributed by atoms with Crippen molar-refractivity contribution in [1.29, 1.82) is 0 Å². The molecule has 0 aliphatic carbocycles. The minimum Gasteiger partial charge on any atom is -0.265 e. The summed E-state index contributed by atoms with van der Waals surface area (Å²) in [5, 5.41) is 4.78. The van der Waals surface area contributed by atoms with Gasteiger partial charge >= 0.3 is 0 Å². The van der Waals surface area contributed by atoms with E-state index in [4.69, 9.17) is 0 Å². The minimum absolute atomic E-state index is 0.124. The van der Waals surface area contributed by atoms with Crippen LogP contribution >= 0.6 is 0 Å². The normalized spacial score (nSPS) is 10.5. The van der Waals surface area contributed by atoms with Crippen molar-refractivity contribution < 1.29 is 0 Å². The van der Waals surface area contributed by atoms with Gasteiger partial charge in [-0.05, 0) is 19.1 Å². The van der Waals surface area contributed by atoms with Gasteiger partial charge in [-0.25, -0.2) is 4.68 Å². The quantitative estimate of drug-likeness (QED) is 0.644. The van der Waals surface area contributed by atoms with E-state index in [1.54, 1.807) is 18.5 Å². The van der Waals surface area contributed by atoms with Crippen LogP contribution in [0.1, 0.15) is 6.92 Å². The Balaban J connectivity index is 2.87. The van der Waals surface area contributed by atoms with Gasteiger partial charge in [-0.2, -0.15) is 5.10 Å². The second kappa shape index (κ2) is 2.97. The lowest BCUT2D eigenvalue weighted by atomic mass is 10.3. The smallest absolute Gasteiger partial charge is 0.265 e. The van der Waals surface area contributed by atoms with Gasteiger partial charge in [0.1, 0.15) is 5.52 Å². The number of nitrogens with zero attached hydrogens (tertiary/aromatic N) is 3. The lowest BCUT2D eigenvalue weighted by Crippen LogP contribution is -2.22. The Hall–Kier alpha value is -1.71. The molecule has 4 nitrogen and oxygen atoms in total. The largest absolute Gasteiger partial charge is 0.293 e. The zero-order valence-corrected chi connectivity index (χ0v) is 7.27. The summed E-state index contributed by atoms with van der Waals surface area (Å²) >= 11 is 0. The first-order chi connectivity index (χ1) is 6.33. The Morgan fingerprint density at radius 1 is 1.54 bits per heavy atom. The highest BCUT2D eigenvalue weighted by molar-refractivity contribution is 5.75. The van der Waals surface area contributed by atoms with Crippen molar-refractivity contribution in [2.75, 3.05) is 0 Å². The molecule has 66 valence electrons. The van der Waals surface area contributed by atoms with Crippen molar-refractivity contribution in [1.82, 2.24) is 14.8 Å². The van der Waals surface area contributed by atoms with E-state index in [0.717, 1.165) is 5.39 Å². The van der Waals surface area contributed by atoms with Crippen molar-refractivity contribution in [2.45, 2.75) is 13.5 Å². The van der Waals surface area contributed by atoms with E-state index in [9.17, 15) is 4.79 Å². The maximum atomic E-state index is 11.6. The van der Waals surface area contributed by atoms with Crippen LogP contribution in [0.15, 0.2) is 29.3 Å². The highest BCUT2D eigenvalue weighted by Gasteiger charge is 2.01. The number of rotatable bonds is 1. The summed E-state index contributed by atoms with van der Waals surface area (Å²) in [5.74, 6) is 0. The van der Waals surface area contributed by atoms with Gasteiger partial charge in [0.2, 0.25) is 0 Å². The summed E-state index contributed by atoms with van der Waals surface area (Å²) in [6.07, 6.45) is 3.27. The summed E-state index contributed by atoms with van der Waals surface area (Å²) in [5.41, 5.74) is 0.361. The molecular formula is C9H9N3O. The van der Waals surface area contributed by atoms with E-state index in [0.29, 0.717) is 12.1 Å². The van der Waals surface area contributed by atoms with Crippen molar-refractivity contribution in [3.8, 4) is 0 Å². The second-order valence-corrected chi connectivity index (χ2v) is 2.71. The van der Waals surface area contributed by atoms with Crippen LogP contribution in [0, 0.1) is 0 Å². The predicted molar refractivity (Wildman–Crippen MR) is 49.5 cm³/mol. The van der Waals surface area contributed by atoms with Crippen LogP contribution in [-0.2, 0) is 6.54 Å². The fourth-order valence-electron chi connectivity index (χ4n) is 1.23. The molecule has 0 atom stereocenters. The molecule has 0 radical (unpaired) electrons. The summed E-state index contributed by atoms with van der Waals surface area (Å²) < 4.78 is 1.40. The summed E-state index contributed by atoms with van der Waals surface area (Å²) in [7, 11) is 0. The van der Waals surface area contributed by atoms with Crippen LogP contribution in [0.2, 0.25) is 0 Å². The molecule has 13 heavy (non-hydrogen) atoms. The van der Waals surface area contributed by atoms with Gasteiger partial charge in [0, 0.05) is 18.1 Å². The van der Waals surface area contributed by atoms with Crippen molar-refractivity contribution in [3.05, 3.63) is 34.9 Å². The molecule has 2 heterocycles. The molecule has 2 rings (SSSR count). The molecule has 0 fully saturated rings. The van der Waals surface area contributed by atoms with E-state index in [1.165, 1.54) is 4.68 Å². The third-order valence-electron chi connectivity index (χ3n) is 1.91. The van der Waals surface area contributed by atoms with Gasteiger partial charge in [0.15, 0.2) is 0 Å². The van der Waals surface area contributed by atoms with E-state index < -0.39 is 0 Å². The van der Waals surface area contributed by atoms with Crippen molar-refractivity contribution in [3.63, 3.8) is 0 Å². The molecule has 0 spiro atoms. The lowest BCUT2D eigenvalue weighted by molar-refractivity contribution is 0.622. The van der Waals surface area contributed by atoms with Gasteiger partial charge in [0.05, 0.1) is 6.20 Å².